The van der Waals surface area contributed by atoms with Crippen LogP contribution in [0, 0.1) is 0 Å². The second-order valence-electron chi connectivity index (χ2n) is 6.49. The molecular weight excluding hydrogens is 467 g/mol. The van der Waals surface area contributed by atoms with Crippen molar-refractivity contribution in [3.05, 3.63) is 54.1 Å². The van der Waals surface area contributed by atoms with Crippen molar-refractivity contribution in [1.29, 1.82) is 0 Å². The molecule has 0 saturated carbocycles. The first-order valence-electron chi connectivity index (χ1n) is 9.17. The van der Waals surface area contributed by atoms with Crippen LogP contribution in [0.2, 0.25) is 0 Å². The predicted octanol–water partition coefficient (Wildman–Crippen LogP) is 3.12. The summed E-state index contributed by atoms with van der Waals surface area (Å²) in [7, 11) is 3.71. The number of guanidine groups is 1. The van der Waals surface area contributed by atoms with Crippen LogP contribution in [0.4, 0.5) is 0 Å². The van der Waals surface area contributed by atoms with Crippen LogP contribution in [0.1, 0.15) is 25.2 Å². The van der Waals surface area contributed by atoms with E-state index in [-0.39, 0.29) is 24.0 Å². The second kappa shape index (κ2) is 12.4. The van der Waals surface area contributed by atoms with Crippen LogP contribution >= 0.6 is 24.0 Å². The molecule has 0 aliphatic rings. The van der Waals surface area contributed by atoms with Crippen LogP contribution < -0.4 is 10.1 Å². The smallest absolute Gasteiger partial charge is 0.194 e. The number of ether oxygens (including phenoxy) is 1. The fourth-order valence-electron chi connectivity index (χ4n) is 2.71. The van der Waals surface area contributed by atoms with Crippen molar-refractivity contribution in [2.75, 3.05) is 27.2 Å². The molecule has 0 spiro atoms. The van der Waals surface area contributed by atoms with Gasteiger partial charge in [-0.3, -0.25) is 0 Å². The summed E-state index contributed by atoms with van der Waals surface area (Å²) in [6.07, 6.45) is 2.63. The highest BCUT2D eigenvalue weighted by Gasteiger charge is 2.11. The Kier molecular flexibility index (Phi) is 10.6. The van der Waals surface area contributed by atoms with E-state index in [2.05, 4.69) is 49.5 Å². The van der Waals surface area contributed by atoms with Crippen molar-refractivity contribution in [3.8, 4) is 5.75 Å². The fourth-order valence-corrected chi connectivity index (χ4v) is 2.71. The Hall–Kier alpha value is -2.10. The highest BCUT2D eigenvalue weighted by Crippen LogP contribution is 2.18. The van der Waals surface area contributed by atoms with E-state index in [1.165, 1.54) is 0 Å². The minimum Gasteiger partial charge on any atom is -0.496 e. The summed E-state index contributed by atoms with van der Waals surface area (Å²) in [4.78, 5) is 6.78. The highest BCUT2D eigenvalue weighted by atomic mass is 127. The van der Waals surface area contributed by atoms with E-state index in [0.717, 1.165) is 48.2 Å². The monoisotopic (exact) mass is 498 g/mol. The molecule has 2 aromatic rings. The Morgan fingerprint density at radius 2 is 2.11 bits per heavy atom. The lowest BCUT2D eigenvalue weighted by atomic mass is 10.2. The molecule has 1 aromatic carbocycles. The average Bonchev–Trinajstić information content (AvgIpc) is 3.12. The van der Waals surface area contributed by atoms with Gasteiger partial charge in [0.25, 0.3) is 0 Å². The maximum absolute atomic E-state index is 5.46. The normalized spacial score (nSPS) is 10.9. The van der Waals surface area contributed by atoms with E-state index in [0.29, 0.717) is 13.1 Å². The van der Waals surface area contributed by atoms with Crippen molar-refractivity contribution in [1.82, 2.24) is 25.0 Å². The first kappa shape index (κ1) is 23.9. The van der Waals surface area contributed by atoms with E-state index in [1.54, 1.807) is 13.4 Å². The molecule has 28 heavy (non-hydrogen) atoms. The largest absolute Gasteiger partial charge is 0.496 e. The summed E-state index contributed by atoms with van der Waals surface area (Å²) in [5.41, 5.74) is 2.13. The molecule has 154 valence electrons. The number of rotatable bonds is 9. The van der Waals surface area contributed by atoms with Crippen LogP contribution in [0.15, 0.2) is 47.7 Å². The number of benzene rings is 1. The molecule has 0 fully saturated rings. The minimum atomic E-state index is 0. The molecule has 8 heteroatoms. The van der Waals surface area contributed by atoms with Crippen LogP contribution in [0.5, 0.6) is 5.75 Å². The quantitative estimate of drug-likeness (QED) is 0.249. The number of hydrogen-bond donors (Lipinski definition) is 1. The Balaban J connectivity index is 0.00000392. The van der Waals surface area contributed by atoms with Crippen molar-refractivity contribution in [3.63, 3.8) is 0 Å². The van der Waals surface area contributed by atoms with Gasteiger partial charge >= 0.3 is 0 Å². The third kappa shape index (κ3) is 7.14. The van der Waals surface area contributed by atoms with Crippen LogP contribution in [-0.2, 0) is 19.5 Å². The molecule has 0 aliphatic carbocycles. The highest BCUT2D eigenvalue weighted by molar-refractivity contribution is 14.0. The lowest BCUT2D eigenvalue weighted by molar-refractivity contribution is 0.395. The van der Waals surface area contributed by atoms with E-state index in [9.17, 15) is 0 Å². The zero-order chi connectivity index (χ0) is 19.6. The maximum Gasteiger partial charge on any atom is 0.194 e. The Morgan fingerprint density at radius 3 is 2.79 bits per heavy atom. The number of halogens is 1. The molecule has 2 rings (SSSR count). The third-order valence-corrected chi connectivity index (χ3v) is 4.11. The zero-order valence-electron chi connectivity index (χ0n) is 17.2. The number of methoxy groups -OCH3 is 1. The van der Waals surface area contributed by atoms with Gasteiger partial charge < -0.3 is 19.5 Å². The molecule has 0 bridgehead atoms. The Labute approximate surface area is 184 Å². The molecule has 1 N–H and O–H groups in total. The van der Waals surface area contributed by atoms with Gasteiger partial charge in [-0.2, -0.15) is 0 Å². The van der Waals surface area contributed by atoms with Gasteiger partial charge in [0.1, 0.15) is 17.9 Å². The summed E-state index contributed by atoms with van der Waals surface area (Å²) in [5, 5.41) is 11.5. The summed E-state index contributed by atoms with van der Waals surface area (Å²) < 4.78 is 7.52. The average molecular weight is 498 g/mol. The zero-order valence-corrected chi connectivity index (χ0v) is 19.5. The number of para-hydroxylation sites is 1. The molecule has 7 nitrogen and oxygen atoms in total. The Morgan fingerprint density at radius 1 is 1.36 bits per heavy atom. The van der Waals surface area contributed by atoms with Crippen LogP contribution in [0.25, 0.3) is 0 Å². The molecule has 0 aliphatic heterocycles. The van der Waals surface area contributed by atoms with Crippen molar-refractivity contribution >= 4 is 29.9 Å². The SMILES string of the molecule is C=C(C)CN=C(NCCn1cnnc1CC)N(C)Cc1ccccc1OC.I. The van der Waals surface area contributed by atoms with Crippen LogP contribution in [-0.4, -0.2) is 52.9 Å². The lowest BCUT2D eigenvalue weighted by Crippen LogP contribution is -2.40. The van der Waals surface area contributed by atoms with Crippen molar-refractivity contribution in [2.24, 2.45) is 4.99 Å². The summed E-state index contributed by atoms with van der Waals surface area (Å²) >= 11 is 0. The molecule has 0 atom stereocenters. The number of aryl methyl sites for hydroxylation is 1. The van der Waals surface area contributed by atoms with Gasteiger partial charge in [0.2, 0.25) is 0 Å². The molecule has 0 amide bonds. The van der Waals surface area contributed by atoms with Crippen LogP contribution in [0.3, 0.4) is 0 Å². The van der Waals surface area contributed by atoms with Gasteiger partial charge in [-0.25, -0.2) is 4.99 Å². The molecule has 0 saturated heterocycles. The standard InChI is InChI=1S/C20H30N6O.HI/c1-6-19-24-23-15-26(19)12-11-21-20(22-13-16(2)3)25(4)14-17-9-7-8-10-18(17)27-5;/h7-10,15H,2,6,11-14H2,1,3-5H3,(H,21,22);1H. The summed E-state index contributed by atoms with van der Waals surface area (Å²) in [5.74, 6) is 2.69. The van der Waals surface area contributed by atoms with Gasteiger partial charge in [0.15, 0.2) is 5.96 Å². The molecule has 0 unspecified atom stereocenters. The molecular formula is C20H31IN6O. The topological polar surface area (TPSA) is 67.6 Å². The Bertz CT molecular complexity index is 774. The van der Waals surface area contributed by atoms with Gasteiger partial charge in [0.05, 0.1) is 13.7 Å². The number of nitrogens with zero attached hydrogens (tertiary/aromatic N) is 5. The maximum atomic E-state index is 5.46. The van der Waals surface area contributed by atoms with Gasteiger partial charge in [-0.1, -0.05) is 37.3 Å². The number of nitrogens with one attached hydrogen (secondary N) is 1. The predicted molar refractivity (Wildman–Crippen MR) is 124 cm³/mol. The van der Waals surface area contributed by atoms with E-state index in [4.69, 9.17) is 4.74 Å². The molecule has 0 radical (unpaired) electrons. The molecule has 1 aromatic heterocycles. The third-order valence-electron chi connectivity index (χ3n) is 4.11. The van der Waals surface area contributed by atoms with E-state index in [1.807, 2.05) is 32.2 Å². The summed E-state index contributed by atoms with van der Waals surface area (Å²) in [6, 6.07) is 8.03. The van der Waals surface area contributed by atoms with Crippen molar-refractivity contribution in [2.45, 2.75) is 33.4 Å². The van der Waals surface area contributed by atoms with Crippen molar-refractivity contribution < 1.29 is 4.74 Å². The number of aliphatic imine (C=N–C) groups is 1. The summed E-state index contributed by atoms with van der Waals surface area (Å²) in [6.45, 7) is 10.8. The van der Waals surface area contributed by atoms with E-state index >= 15 is 0 Å². The van der Waals surface area contributed by atoms with E-state index < -0.39 is 0 Å². The minimum absolute atomic E-state index is 0. The van der Waals surface area contributed by atoms with Gasteiger partial charge in [0, 0.05) is 38.7 Å². The van der Waals surface area contributed by atoms with Gasteiger partial charge in [-0.05, 0) is 13.0 Å². The number of hydrogen-bond acceptors (Lipinski definition) is 4. The number of aromatic nitrogens is 3. The molecule has 1 heterocycles. The first-order valence-corrected chi connectivity index (χ1v) is 9.17. The second-order valence-corrected chi connectivity index (χ2v) is 6.49. The fraction of sp³-hybridized carbons (Fsp3) is 0.450. The van der Waals surface area contributed by atoms with Gasteiger partial charge in [-0.15, -0.1) is 34.2 Å². The first-order chi connectivity index (χ1) is 13.0. The lowest BCUT2D eigenvalue weighted by Gasteiger charge is -2.23.